The summed E-state index contributed by atoms with van der Waals surface area (Å²) in [6.07, 6.45) is 2.17. The van der Waals surface area contributed by atoms with Gasteiger partial charge in [0.15, 0.2) is 11.5 Å². The highest BCUT2D eigenvalue weighted by Gasteiger charge is 2.39. The molecular formula is C29H32N2O6S. The number of anilines is 1. The van der Waals surface area contributed by atoms with Crippen LogP contribution in [0.1, 0.15) is 44.7 Å². The predicted molar refractivity (Wildman–Crippen MR) is 144 cm³/mol. The molecule has 1 amide bonds. The fraction of sp³-hybridized carbons (Fsp3) is 0.345. The maximum Gasteiger partial charge on any atom is 0.264 e. The van der Waals surface area contributed by atoms with Crippen LogP contribution >= 0.6 is 0 Å². The van der Waals surface area contributed by atoms with Crippen LogP contribution in [-0.4, -0.2) is 39.7 Å². The first-order valence-corrected chi connectivity index (χ1v) is 14.3. The number of hydrogen-bond donors (Lipinski definition) is 1. The Balaban J connectivity index is 1.47. The number of ether oxygens (including phenoxy) is 3. The van der Waals surface area contributed by atoms with Crippen LogP contribution in [0.25, 0.3) is 0 Å². The van der Waals surface area contributed by atoms with Gasteiger partial charge in [-0.25, -0.2) is 8.42 Å². The number of fused-ring (bicyclic) bond motifs is 2. The molecule has 3 aromatic rings. The summed E-state index contributed by atoms with van der Waals surface area (Å²) in [4.78, 5) is 13.6. The molecule has 5 rings (SSSR count). The Morgan fingerprint density at radius 2 is 1.61 bits per heavy atom. The fourth-order valence-corrected chi connectivity index (χ4v) is 6.46. The lowest BCUT2D eigenvalue weighted by atomic mass is 9.83. The summed E-state index contributed by atoms with van der Waals surface area (Å²) in [5.74, 6) is 1.31. The fourth-order valence-electron chi connectivity index (χ4n) is 5.02. The summed E-state index contributed by atoms with van der Waals surface area (Å²) in [6, 6.07) is 20.4. The SMILES string of the molecule is CCC1(CC)C[C@H](NC(=O)CN(c2ccc3c(c2)OCCO3)S(=O)(=O)c2ccccc2)c2ccccc2O1. The lowest BCUT2D eigenvalue weighted by Gasteiger charge is -2.41. The molecule has 200 valence electrons. The third kappa shape index (κ3) is 5.03. The van der Waals surface area contributed by atoms with Gasteiger partial charge < -0.3 is 19.5 Å². The number of sulfonamides is 1. The Labute approximate surface area is 223 Å². The van der Waals surface area contributed by atoms with Gasteiger partial charge in [-0.1, -0.05) is 50.2 Å². The third-order valence-corrected chi connectivity index (χ3v) is 9.04. The summed E-state index contributed by atoms with van der Waals surface area (Å²) >= 11 is 0. The van der Waals surface area contributed by atoms with Crippen molar-refractivity contribution in [1.82, 2.24) is 5.32 Å². The van der Waals surface area contributed by atoms with Gasteiger partial charge in [0, 0.05) is 18.1 Å². The van der Waals surface area contributed by atoms with Crippen molar-refractivity contribution >= 4 is 21.6 Å². The van der Waals surface area contributed by atoms with Gasteiger partial charge in [0.25, 0.3) is 10.0 Å². The summed E-state index contributed by atoms with van der Waals surface area (Å²) in [5, 5.41) is 3.10. The molecule has 2 aliphatic heterocycles. The Morgan fingerprint density at radius 3 is 2.34 bits per heavy atom. The van der Waals surface area contributed by atoms with E-state index in [9.17, 15) is 13.2 Å². The molecule has 1 N–H and O–H groups in total. The van der Waals surface area contributed by atoms with Gasteiger partial charge >= 0.3 is 0 Å². The Hall–Kier alpha value is -3.72. The van der Waals surface area contributed by atoms with Crippen molar-refractivity contribution in [1.29, 1.82) is 0 Å². The number of nitrogens with zero attached hydrogens (tertiary/aromatic N) is 1. The van der Waals surface area contributed by atoms with Crippen molar-refractivity contribution in [3.63, 3.8) is 0 Å². The number of benzene rings is 3. The van der Waals surface area contributed by atoms with E-state index in [1.54, 1.807) is 36.4 Å². The first-order valence-electron chi connectivity index (χ1n) is 12.9. The van der Waals surface area contributed by atoms with Crippen LogP contribution in [0.15, 0.2) is 77.7 Å². The molecule has 0 bridgehead atoms. The van der Waals surface area contributed by atoms with E-state index in [2.05, 4.69) is 19.2 Å². The maximum absolute atomic E-state index is 13.8. The van der Waals surface area contributed by atoms with E-state index in [4.69, 9.17) is 14.2 Å². The first kappa shape index (κ1) is 25.9. The normalized spacial score (nSPS) is 17.6. The van der Waals surface area contributed by atoms with Crippen LogP contribution in [0.3, 0.4) is 0 Å². The zero-order valence-corrected chi connectivity index (χ0v) is 22.4. The van der Waals surface area contributed by atoms with E-state index in [1.165, 1.54) is 12.1 Å². The predicted octanol–water partition coefficient (Wildman–Crippen LogP) is 4.85. The molecule has 0 aliphatic carbocycles. The molecule has 8 nitrogen and oxygen atoms in total. The molecule has 38 heavy (non-hydrogen) atoms. The van der Waals surface area contributed by atoms with Gasteiger partial charge in [0.05, 0.1) is 16.6 Å². The third-order valence-electron chi connectivity index (χ3n) is 7.25. The topological polar surface area (TPSA) is 94.2 Å². The zero-order chi connectivity index (χ0) is 26.8. The highest BCUT2D eigenvalue weighted by atomic mass is 32.2. The second-order valence-electron chi connectivity index (χ2n) is 9.51. The van der Waals surface area contributed by atoms with Crippen molar-refractivity contribution in [3.05, 3.63) is 78.4 Å². The van der Waals surface area contributed by atoms with Gasteiger partial charge in [0.1, 0.15) is 31.1 Å². The summed E-state index contributed by atoms with van der Waals surface area (Å²) in [5.41, 5.74) is 0.796. The van der Waals surface area contributed by atoms with Gasteiger partial charge in [-0.05, 0) is 43.2 Å². The van der Waals surface area contributed by atoms with Crippen LogP contribution in [-0.2, 0) is 14.8 Å². The van der Waals surface area contributed by atoms with Gasteiger partial charge in [-0.3, -0.25) is 9.10 Å². The van der Waals surface area contributed by atoms with E-state index >= 15 is 0 Å². The Morgan fingerprint density at radius 1 is 0.921 bits per heavy atom. The molecule has 0 saturated carbocycles. The van der Waals surface area contributed by atoms with Crippen LogP contribution in [0, 0.1) is 0 Å². The van der Waals surface area contributed by atoms with Gasteiger partial charge in [0.2, 0.25) is 5.91 Å². The monoisotopic (exact) mass is 536 g/mol. The van der Waals surface area contributed by atoms with Crippen LogP contribution in [0.4, 0.5) is 5.69 Å². The number of hydrogen-bond acceptors (Lipinski definition) is 6. The van der Waals surface area contributed by atoms with E-state index in [0.29, 0.717) is 36.8 Å². The first-order chi connectivity index (χ1) is 18.3. The number of nitrogens with one attached hydrogen (secondary N) is 1. The van der Waals surface area contributed by atoms with Crippen LogP contribution < -0.4 is 23.8 Å². The van der Waals surface area contributed by atoms with Crippen molar-refractivity contribution in [2.75, 3.05) is 24.1 Å². The minimum atomic E-state index is -4.06. The molecular weight excluding hydrogens is 504 g/mol. The molecule has 3 aromatic carbocycles. The molecule has 0 radical (unpaired) electrons. The quantitative estimate of drug-likeness (QED) is 0.442. The zero-order valence-electron chi connectivity index (χ0n) is 21.6. The second-order valence-corrected chi connectivity index (χ2v) is 11.4. The molecule has 2 aliphatic rings. The van der Waals surface area contributed by atoms with E-state index in [-0.39, 0.29) is 10.9 Å². The molecule has 0 saturated heterocycles. The standard InChI is InChI=1S/C29H32N2O6S/c1-3-29(4-2)19-24(23-12-8-9-13-25(23)37-29)30-28(32)20-31(38(33,34)22-10-6-5-7-11-22)21-14-15-26-27(18-21)36-17-16-35-26/h5-15,18,24H,3-4,16-17,19-20H2,1-2H3,(H,30,32)/t24-/m0/s1. The number of para-hydroxylation sites is 1. The Kier molecular flexibility index (Phi) is 7.21. The largest absolute Gasteiger partial charge is 0.487 e. The molecule has 1 atom stereocenters. The molecule has 0 unspecified atom stereocenters. The van der Waals surface area contributed by atoms with Crippen molar-refractivity contribution in [3.8, 4) is 17.2 Å². The lowest BCUT2D eigenvalue weighted by Crippen LogP contribution is -2.47. The van der Waals surface area contributed by atoms with Crippen LogP contribution in [0.2, 0.25) is 0 Å². The lowest BCUT2D eigenvalue weighted by molar-refractivity contribution is -0.121. The molecule has 2 heterocycles. The molecule has 9 heteroatoms. The Bertz CT molecular complexity index is 1410. The molecule has 0 aromatic heterocycles. The van der Waals surface area contributed by atoms with Gasteiger partial charge in [-0.2, -0.15) is 0 Å². The van der Waals surface area contributed by atoms with Gasteiger partial charge in [-0.15, -0.1) is 0 Å². The minimum absolute atomic E-state index is 0.0927. The highest BCUT2D eigenvalue weighted by molar-refractivity contribution is 7.92. The summed E-state index contributed by atoms with van der Waals surface area (Å²) in [6.45, 7) is 4.53. The van der Waals surface area contributed by atoms with E-state index < -0.39 is 28.1 Å². The average molecular weight is 537 g/mol. The molecule has 0 spiro atoms. The average Bonchev–Trinajstić information content (AvgIpc) is 2.96. The van der Waals surface area contributed by atoms with E-state index in [1.807, 2.05) is 24.3 Å². The smallest absolute Gasteiger partial charge is 0.264 e. The molecule has 0 fully saturated rings. The van der Waals surface area contributed by atoms with Crippen molar-refractivity contribution in [2.24, 2.45) is 0 Å². The summed E-state index contributed by atoms with van der Waals surface area (Å²) in [7, 11) is -4.06. The number of carbonyl (C=O) groups excluding carboxylic acids is 1. The number of carbonyl (C=O) groups is 1. The van der Waals surface area contributed by atoms with Crippen molar-refractivity contribution in [2.45, 2.75) is 49.6 Å². The second kappa shape index (κ2) is 10.6. The number of rotatable bonds is 8. The van der Waals surface area contributed by atoms with Crippen molar-refractivity contribution < 1.29 is 27.4 Å². The summed E-state index contributed by atoms with van der Waals surface area (Å²) < 4.78 is 46.3. The van der Waals surface area contributed by atoms with Crippen LogP contribution in [0.5, 0.6) is 17.2 Å². The highest BCUT2D eigenvalue weighted by Crippen LogP contribution is 2.43. The maximum atomic E-state index is 13.8. The van der Waals surface area contributed by atoms with E-state index in [0.717, 1.165) is 28.5 Å². The minimum Gasteiger partial charge on any atom is -0.487 e. The number of amides is 1.